The number of methoxy groups -OCH3 is 2. The van der Waals surface area contributed by atoms with E-state index in [0.29, 0.717) is 59.5 Å². The Hall–Kier alpha value is -4.48. The summed E-state index contributed by atoms with van der Waals surface area (Å²) in [6.07, 6.45) is 2.92. The highest BCUT2D eigenvalue weighted by molar-refractivity contribution is 6.38. The van der Waals surface area contributed by atoms with Crippen LogP contribution in [0.25, 0.3) is 17.0 Å². The Morgan fingerprint density at radius 1 is 0.917 bits per heavy atom. The van der Waals surface area contributed by atoms with E-state index in [1.807, 2.05) is 37.3 Å². The first kappa shape index (κ1) is 36.4. The van der Waals surface area contributed by atoms with Crippen molar-refractivity contribution in [1.82, 2.24) is 15.2 Å². The van der Waals surface area contributed by atoms with E-state index < -0.39 is 11.8 Å². The van der Waals surface area contributed by atoms with Crippen LogP contribution >= 0.6 is 23.2 Å². The topological polar surface area (TPSA) is 110 Å². The van der Waals surface area contributed by atoms with Crippen molar-refractivity contribution in [3.63, 3.8) is 0 Å². The van der Waals surface area contributed by atoms with E-state index in [4.69, 9.17) is 37.4 Å². The van der Waals surface area contributed by atoms with Crippen molar-refractivity contribution in [2.75, 3.05) is 59.0 Å². The van der Waals surface area contributed by atoms with E-state index in [1.54, 1.807) is 68.6 Å². The Kier molecular flexibility index (Phi) is 13.3. The number of halogens is 2. The summed E-state index contributed by atoms with van der Waals surface area (Å²) in [5.74, 6) is -0.410. The minimum absolute atomic E-state index is 0.0544. The van der Waals surface area contributed by atoms with Gasteiger partial charge in [-0.05, 0) is 55.0 Å². The van der Waals surface area contributed by atoms with Gasteiger partial charge in [0.15, 0.2) is 0 Å². The molecule has 10 nitrogen and oxygen atoms in total. The van der Waals surface area contributed by atoms with Crippen LogP contribution in [-0.2, 0) is 25.7 Å². The largest absolute Gasteiger partial charge is 0.487 e. The molecule has 4 rings (SSSR count). The first-order chi connectivity index (χ1) is 23.1. The zero-order valence-corrected chi connectivity index (χ0v) is 28.8. The molecule has 0 saturated heterocycles. The molecule has 3 aromatic carbocycles. The number of para-hydroxylation sites is 1. The molecule has 1 aromatic heterocycles. The van der Waals surface area contributed by atoms with Gasteiger partial charge in [0.05, 0.1) is 30.5 Å². The molecule has 0 unspecified atom stereocenters. The van der Waals surface area contributed by atoms with Crippen LogP contribution in [0.3, 0.4) is 0 Å². The number of nitrogens with zero attached hydrogens (tertiary/aromatic N) is 3. The predicted octanol–water partition coefficient (Wildman–Crippen LogP) is 5.96. The second kappa shape index (κ2) is 17.6. The van der Waals surface area contributed by atoms with E-state index in [2.05, 4.69) is 10.3 Å². The number of carbonyl (C=O) groups is 3. The van der Waals surface area contributed by atoms with Gasteiger partial charge in [0.1, 0.15) is 17.9 Å². The van der Waals surface area contributed by atoms with Gasteiger partial charge in [0, 0.05) is 67.7 Å². The Labute approximate surface area is 290 Å². The van der Waals surface area contributed by atoms with E-state index in [0.717, 1.165) is 16.6 Å². The molecule has 12 heteroatoms. The van der Waals surface area contributed by atoms with Crippen LogP contribution < -0.4 is 15.0 Å². The number of benzene rings is 3. The summed E-state index contributed by atoms with van der Waals surface area (Å²) >= 11 is 13.2. The summed E-state index contributed by atoms with van der Waals surface area (Å²) in [6, 6.07) is 19.7. The van der Waals surface area contributed by atoms with Gasteiger partial charge in [-0.2, -0.15) is 0 Å². The number of amides is 3. The van der Waals surface area contributed by atoms with Gasteiger partial charge in [-0.15, -0.1) is 0 Å². The van der Waals surface area contributed by atoms with Crippen molar-refractivity contribution in [2.24, 2.45) is 0 Å². The minimum Gasteiger partial charge on any atom is -0.487 e. The van der Waals surface area contributed by atoms with Crippen LogP contribution in [0.15, 0.2) is 72.8 Å². The molecule has 3 amide bonds. The first-order valence-corrected chi connectivity index (χ1v) is 15.9. The van der Waals surface area contributed by atoms with Crippen LogP contribution in [0.2, 0.25) is 10.0 Å². The number of anilines is 1. The van der Waals surface area contributed by atoms with Crippen molar-refractivity contribution in [1.29, 1.82) is 0 Å². The molecule has 1 N–H and O–H groups in total. The molecule has 0 atom stereocenters. The summed E-state index contributed by atoms with van der Waals surface area (Å²) in [5, 5.41) is 4.19. The first-order valence-electron chi connectivity index (χ1n) is 15.2. The standard InChI is InChI=1S/C36H38Cl2N4O6/c1-24-8-12-26-6-5-7-31(35(26)40-24)48-23-28-29(37)15-16-30(34(28)38)41(2)33(44)22-39-32(43)17-11-25-9-13-27(14-10-25)36(45)42(18-20-46-3)19-21-47-4/h5-17H,18-23H2,1-4H3,(H,39,43). The summed E-state index contributed by atoms with van der Waals surface area (Å²) in [7, 11) is 4.73. The molecule has 0 bridgehead atoms. The average molecular weight is 694 g/mol. The number of aromatic nitrogens is 1. The van der Waals surface area contributed by atoms with Crippen LogP contribution in [0.1, 0.15) is 27.2 Å². The number of fused-ring (bicyclic) bond motifs is 1. The van der Waals surface area contributed by atoms with Crippen molar-refractivity contribution >= 4 is 63.6 Å². The van der Waals surface area contributed by atoms with Crippen LogP contribution in [0.4, 0.5) is 5.69 Å². The second-order valence-corrected chi connectivity index (χ2v) is 11.6. The minimum atomic E-state index is -0.461. The Bertz CT molecular complexity index is 1770. The third-order valence-corrected chi connectivity index (χ3v) is 8.29. The fourth-order valence-corrected chi connectivity index (χ4v) is 5.35. The van der Waals surface area contributed by atoms with Gasteiger partial charge in [-0.25, -0.2) is 4.98 Å². The van der Waals surface area contributed by atoms with E-state index >= 15 is 0 Å². The normalized spacial score (nSPS) is 11.1. The lowest BCUT2D eigenvalue weighted by Crippen LogP contribution is -2.37. The van der Waals surface area contributed by atoms with E-state index in [-0.39, 0.29) is 24.1 Å². The van der Waals surface area contributed by atoms with Crippen molar-refractivity contribution in [3.8, 4) is 5.75 Å². The van der Waals surface area contributed by atoms with Crippen molar-refractivity contribution in [2.45, 2.75) is 13.5 Å². The van der Waals surface area contributed by atoms with Gasteiger partial charge < -0.3 is 29.3 Å². The highest BCUT2D eigenvalue weighted by atomic mass is 35.5. The molecule has 4 aromatic rings. The van der Waals surface area contributed by atoms with Crippen LogP contribution in [-0.4, -0.2) is 81.7 Å². The number of ether oxygens (including phenoxy) is 3. The summed E-state index contributed by atoms with van der Waals surface area (Å²) in [6.45, 7) is 3.41. The molecule has 0 saturated carbocycles. The number of carbonyl (C=O) groups excluding carboxylic acids is 3. The Balaban J connectivity index is 1.34. The lowest BCUT2D eigenvalue weighted by molar-refractivity contribution is -0.122. The number of nitrogens with one attached hydrogen (secondary N) is 1. The highest BCUT2D eigenvalue weighted by Gasteiger charge is 2.20. The van der Waals surface area contributed by atoms with Crippen molar-refractivity contribution < 1.29 is 28.6 Å². The molecule has 1 heterocycles. The van der Waals surface area contributed by atoms with Gasteiger partial charge in [0.25, 0.3) is 5.91 Å². The van der Waals surface area contributed by atoms with E-state index in [1.165, 1.54) is 11.0 Å². The van der Waals surface area contributed by atoms with Crippen molar-refractivity contribution in [3.05, 3.63) is 105 Å². The van der Waals surface area contributed by atoms with Gasteiger partial charge in [-0.3, -0.25) is 14.4 Å². The molecule has 0 spiro atoms. The Morgan fingerprint density at radius 2 is 1.62 bits per heavy atom. The third kappa shape index (κ3) is 9.54. The number of pyridine rings is 1. The van der Waals surface area contributed by atoms with Crippen LogP contribution in [0, 0.1) is 6.92 Å². The fourth-order valence-electron chi connectivity index (χ4n) is 4.74. The molecule has 48 heavy (non-hydrogen) atoms. The monoisotopic (exact) mass is 692 g/mol. The van der Waals surface area contributed by atoms with Gasteiger partial charge in [0.2, 0.25) is 11.8 Å². The number of likely N-dealkylation sites (N-methyl/N-ethyl adjacent to an activating group) is 1. The maximum absolute atomic E-state index is 13.0. The maximum atomic E-state index is 13.0. The van der Waals surface area contributed by atoms with Crippen LogP contribution in [0.5, 0.6) is 5.75 Å². The molecule has 0 radical (unpaired) electrons. The zero-order valence-electron chi connectivity index (χ0n) is 27.3. The smallest absolute Gasteiger partial charge is 0.254 e. The molecule has 252 valence electrons. The predicted molar refractivity (Wildman–Crippen MR) is 189 cm³/mol. The second-order valence-electron chi connectivity index (χ2n) is 10.8. The van der Waals surface area contributed by atoms with Gasteiger partial charge in [-0.1, -0.05) is 53.5 Å². The lowest BCUT2D eigenvalue weighted by atomic mass is 10.1. The summed E-state index contributed by atoms with van der Waals surface area (Å²) in [5.41, 5.74) is 3.73. The molecular formula is C36H38Cl2N4O6. The quantitative estimate of drug-likeness (QED) is 0.153. The molecule has 0 fully saturated rings. The molecular weight excluding hydrogens is 655 g/mol. The van der Waals surface area contributed by atoms with Gasteiger partial charge >= 0.3 is 0 Å². The molecule has 0 aliphatic carbocycles. The maximum Gasteiger partial charge on any atom is 0.254 e. The number of hydrogen-bond acceptors (Lipinski definition) is 7. The molecule has 0 aliphatic rings. The summed E-state index contributed by atoms with van der Waals surface area (Å²) in [4.78, 5) is 46.1. The Morgan fingerprint density at radius 3 is 2.31 bits per heavy atom. The third-order valence-electron chi connectivity index (χ3n) is 7.51. The zero-order chi connectivity index (χ0) is 34.6. The lowest BCUT2D eigenvalue weighted by Gasteiger charge is -2.22. The van der Waals surface area contributed by atoms with E-state index in [9.17, 15) is 14.4 Å². The highest BCUT2D eigenvalue weighted by Crippen LogP contribution is 2.35. The molecule has 0 aliphatic heterocycles. The SMILES string of the molecule is COCCN(CCOC)C(=O)c1ccc(C=CC(=O)NCC(=O)N(C)c2ccc(Cl)c(COc3cccc4ccc(C)nc34)c2Cl)cc1. The average Bonchev–Trinajstić information content (AvgIpc) is 3.09. The number of aryl methyl sites for hydroxylation is 1. The number of hydrogen-bond donors (Lipinski definition) is 1. The summed E-state index contributed by atoms with van der Waals surface area (Å²) < 4.78 is 16.3. The number of rotatable bonds is 15. The fraction of sp³-hybridized carbons (Fsp3) is 0.278.